The molecule has 0 aliphatic heterocycles. The Balaban J connectivity index is 1.85. The van der Waals surface area contributed by atoms with E-state index in [1.54, 1.807) is 17.9 Å². The number of carbonyl (C=O) groups is 1. The van der Waals surface area contributed by atoms with Crippen molar-refractivity contribution in [3.05, 3.63) is 47.4 Å². The van der Waals surface area contributed by atoms with Crippen molar-refractivity contribution >= 4 is 11.6 Å². The average molecular weight is 423 g/mol. The number of aromatic nitrogens is 4. The third-order valence-electron chi connectivity index (χ3n) is 4.43. The molecule has 2 N–H and O–H groups in total. The lowest BCUT2D eigenvalue weighted by Crippen LogP contribution is -2.15. The molecule has 0 aliphatic rings. The molecule has 2 aromatic heterocycles. The minimum absolute atomic E-state index is 0.0773. The van der Waals surface area contributed by atoms with Crippen molar-refractivity contribution in [2.45, 2.75) is 13.1 Å². The van der Waals surface area contributed by atoms with E-state index in [4.69, 9.17) is 9.47 Å². The van der Waals surface area contributed by atoms with E-state index >= 15 is 0 Å². The third-order valence-corrected chi connectivity index (χ3v) is 4.43. The molecule has 0 bridgehead atoms. The highest BCUT2D eigenvalue weighted by molar-refractivity contribution is 6.04. The number of benzene rings is 1. The van der Waals surface area contributed by atoms with Crippen LogP contribution < -0.4 is 10.1 Å². The van der Waals surface area contributed by atoms with E-state index in [0.29, 0.717) is 5.69 Å². The second kappa shape index (κ2) is 8.57. The Labute approximate surface area is 170 Å². The molecule has 3 aromatic rings. The molecule has 160 valence electrons. The van der Waals surface area contributed by atoms with Gasteiger partial charge in [0.1, 0.15) is 18.1 Å². The van der Waals surface area contributed by atoms with Gasteiger partial charge < -0.3 is 14.8 Å². The molecule has 0 unspecified atom stereocenters. The summed E-state index contributed by atoms with van der Waals surface area (Å²) in [6.45, 7) is 2.20. The first-order valence-electron chi connectivity index (χ1n) is 8.89. The molecule has 0 saturated carbocycles. The van der Waals surface area contributed by atoms with Gasteiger partial charge in [-0.15, -0.1) is 0 Å². The van der Waals surface area contributed by atoms with Gasteiger partial charge in [-0.2, -0.15) is 23.4 Å². The Morgan fingerprint density at radius 3 is 2.67 bits per heavy atom. The molecule has 8 nitrogen and oxygen atoms in total. The highest BCUT2D eigenvalue weighted by atomic mass is 19.4. The zero-order valence-corrected chi connectivity index (χ0v) is 16.5. The molecule has 30 heavy (non-hydrogen) atoms. The Bertz CT molecular complexity index is 1040. The van der Waals surface area contributed by atoms with Crippen LogP contribution in [0, 0.1) is 6.92 Å². The van der Waals surface area contributed by atoms with Crippen LogP contribution in [0.3, 0.4) is 0 Å². The van der Waals surface area contributed by atoms with Crippen LogP contribution in [0.5, 0.6) is 5.75 Å². The maximum atomic E-state index is 13.1. The number of alkyl halides is 3. The summed E-state index contributed by atoms with van der Waals surface area (Å²) in [6.07, 6.45) is -2.95. The number of halogens is 3. The summed E-state index contributed by atoms with van der Waals surface area (Å²) in [5.41, 5.74) is 1.13. The van der Waals surface area contributed by atoms with Crippen LogP contribution in [0.15, 0.2) is 30.5 Å². The second-order valence-corrected chi connectivity index (χ2v) is 6.44. The first-order chi connectivity index (χ1) is 14.2. The van der Waals surface area contributed by atoms with Gasteiger partial charge in [-0.1, -0.05) is 0 Å². The topological polar surface area (TPSA) is 94.1 Å². The standard InChI is InChI=1S/C19H20F3N5O3/c1-11-13(10-23-27(11)2)14-9-16(26-25-14)18(28)24-15-8-12(19(20,21)22)4-5-17(15)30-7-6-29-3/h4-5,8-10H,6-7H2,1-3H3,(H,24,28)(H,25,26). The van der Waals surface area contributed by atoms with Gasteiger partial charge in [-0.05, 0) is 31.2 Å². The maximum Gasteiger partial charge on any atom is 0.416 e. The molecule has 2 heterocycles. The van der Waals surface area contributed by atoms with Crippen LogP contribution in [0.1, 0.15) is 21.7 Å². The van der Waals surface area contributed by atoms with Crippen molar-refractivity contribution in [3.63, 3.8) is 0 Å². The number of anilines is 1. The minimum atomic E-state index is -4.57. The van der Waals surface area contributed by atoms with E-state index in [-0.39, 0.29) is 30.3 Å². The molecule has 1 aromatic carbocycles. The van der Waals surface area contributed by atoms with Crippen LogP contribution in [0.2, 0.25) is 0 Å². The van der Waals surface area contributed by atoms with Gasteiger partial charge in [0.05, 0.1) is 29.7 Å². The number of aromatic amines is 1. The molecule has 0 atom stereocenters. The number of H-pyrrole nitrogens is 1. The van der Waals surface area contributed by atoms with Gasteiger partial charge in [0.2, 0.25) is 0 Å². The number of amides is 1. The number of nitrogens with zero attached hydrogens (tertiary/aromatic N) is 3. The zero-order chi connectivity index (χ0) is 21.9. The summed E-state index contributed by atoms with van der Waals surface area (Å²) in [5.74, 6) is -0.567. The van der Waals surface area contributed by atoms with Crippen molar-refractivity contribution in [1.82, 2.24) is 20.0 Å². The molecule has 0 saturated heterocycles. The van der Waals surface area contributed by atoms with Gasteiger partial charge in [-0.3, -0.25) is 14.6 Å². The van der Waals surface area contributed by atoms with Crippen LogP contribution in [-0.2, 0) is 18.0 Å². The summed E-state index contributed by atoms with van der Waals surface area (Å²) in [5, 5.41) is 13.3. The van der Waals surface area contributed by atoms with Gasteiger partial charge >= 0.3 is 6.18 Å². The van der Waals surface area contributed by atoms with Gasteiger partial charge in [0.15, 0.2) is 0 Å². The largest absolute Gasteiger partial charge is 0.489 e. The lowest BCUT2D eigenvalue weighted by molar-refractivity contribution is -0.137. The fraction of sp³-hybridized carbons (Fsp3) is 0.316. The van der Waals surface area contributed by atoms with E-state index in [2.05, 4.69) is 20.6 Å². The lowest BCUT2D eigenvalue weighted by Gasteiger charge is -2.15. The lowest BCUT2D eigenvalue weighted by atomic mass is 10.1. The summed E-state index contributed by atoms with van der Waals surface area (Å²) in [6, 6.07) is 4.36. The maximum absolute atomic E-state index is 13.1. The summed E-state index contributed by atoms with van der Waals surface area (Å²) in [7, 11) is 3.25. The van der Waals surface area contributed by atoms with E-state index in [1.807, 2.05) is 6.92 Å². The molecular weight excluding hydrogens is 403 g/mol. The number of nitrogens with one attached hydrogen (secondary N) is 2. The van der Waals surface area contributed by atoms with E-state index in [1.165, 1.54) is 13.2 Å². The van der Waals surface area contributed by atoms with Crippen molar-refractivity contribution in [1.29, 1.82) is 0 Å². The van der Waals surface area contributed by atoms with Gasteiger partial charge in [0.25, 0.3) is 5.91 Å². The summed E-state index contributed by atoms with van der Waals surface area (Å²) in [4.78, 5) is 12.6. The minimum Gasteiger partial charge on any atom is -0.489 e. The third kappa shape index (κ3) is 4.62. The van der Waals surface area contributed by atoms with Crippen molar-refractivity contribution < 1.29 is 27.4 Å². The quantitative estimate of drug-likeness (QED) is 0.568. The molecule has 0 fully saturated rings. The number of ether oxygens (including phenoxy) is 2. The van der Waals surface area contributed by atoms with Gasteiger partial charge in [0, 0.05) is 25.4 Å². The number of aryl methyl sites for hydroxylation is 1. The SMILES string of the molecule is COCCOc1ccc(C(F)(F)F)cc1NC(=O)c1cc(-c2cnn(C)c2C)n[nH]1. The van der Waals surface area contributed by atoms with E-state index in [9.17, 15) is 18.0 Å². The number of rotatable bonds is 7. The van der Waals surface area contributed by atoms with Crippen LogP contribution in [-0.4, -0.2) is 46.2 Å². The smallest absolute Gasteiger partial charge is 0.416 e. The zero-order valence-electron chi connectivity index (χ0n) is 16.5. The number of carbonyl (C=O) groups excluding carboxylic acids is 1. The van der Waals surface area contributed by atoms with Crippen LogP contribution in [0.4, 0.5) is 18.9 Å². The number of methoxy groups -OCH3 is 1. The average Bonchev–Trinajstić information content (AvgIpc) is 3.30. The number of hydrogen-bond acceptors (Lipinski definition) is 5. The van der Waals surface area contributed by atoms with E-state index in [0.717, 1.165) is 29.5 Å². The fourth-order valence-electron chi connectivity index (χ4n) is 2.68. The van der Waals surface area contributed by atoms with Crippen LogP contribution >= 0.6 is 0 Å². The van der Waals surface area contributed by atoms with Crippen LogP contribution in [0.25, 0.3) is 11.3 Å². The summed E-state index contributed by atoms with van der Waals surface area (Å²) >= 11 is 0. The predicted octanol–water partition coefficient (Wildman–Crippen LogP) is 3.41. The Morgan fingerprint density at radius 2 is 2.03 bits per heavy atom. The Kier molecular flexibility index (Phi) is 6.11. The molecule has 0 spiro atoms. The number of hydrogen-bond donors (Lipinski definition) is 2. The molecule has 11 heteroatoms. The second-order valence-electron chi connectivity index (χ2n) is 6.44. The molecule has 3 rings (SSSR count). The highest BCUT2D eigenvalue weighted by Gasteiger charge is 2.31. The Hall–Kier alpha value is -3.34. The monoisotopic (exact) mass is 423 g/mol. The van der Waals surface area contributed by atoms with E-state index < -0.39 is 17.6 Å². The summed E-state index contributed by atoms with van der Waals surface area (Å²) < 4.78 is 51.3. The predicted molar refractivity (Wildman–Crippen MR) is 102 cm³/mol. The first-order valence-corrected chi connectivity index (χ1v) is 8.89. The molecule has 1 amide bonds. The molecule has 0 radical (unpaired) electrons. The Morgan fingerprint density at radius 1 is 1.27 bits per heavy atom. The molecular formula is C19H20F3N5O3. The van der Waals surface area contributed by atoms with Crippen molar-refractivity contribution in [2.75, 3.05) is 25.6 Å². The highest BCUT2D eigenvalue weighted by Crippen LogP contribution is 2.35. The van der Waals surface area contributed by atoms with Crippen molar-refractivity contribution in [3.8, 4) is 17.0 Å². The molecule has 0 aliphatic carbocycles. The fourth-order valence-corrected chi connectivity index (χ4v) is 2.68. The van der Waals surface area contributed by atoms with Gasteiger partial charge in [-0.25, -0.2) is 0 Å². The normalized spacial score (nSPS) is 11.5. The first kappa shape index (κ1) is 21.4. The van der Waals surface area contributed by atoms with Crippen molar-refractivity contribution in [2.24, 2.45) is 7.05 Å².